The van der Waals surface area contributed by atoms with Crippen LogP contribution < -0.4 is 10.1 Å². The molecule has 3 aromatic rings. The number of rotatable bonds is 6. The molecule has 3 rings (SSSR count). The Morgan fingerprint density at radius 2 is 1.75 bits per heavy atom. The van der Waals surface area contributed by atoms with Crippen LogP contribution in [-0.4, -0.2) is 30.1 Å². The molecule has 0 aliphatic carbocycles. The van der Waals surface area contributed by atoms with Crippen LogP contribution in [0.4, 0.5) is 5.69 Å². The summed E-state index contributed by atoms with van der Waals surface area (Å²) >= 11 is 0. The number of carbonyl (C=O) groups is 2. The molecule has 144 valence electrons. The highest BCUT2D eigenvalue weighted by Gasteiger charge is 2.24. The summed E-state index contributed by atoms with van der Waals surface area (Å²) in [6.07, 6.45) is -1.01. The van der Waals surface area contributed by atoms with Crippen molar-refractivity contribution in [3.8, 4) is 17.2 Å². The lowest BCUT2D eigenvalue weighted by Gasteiger charge is -2.13. The van der Waals surface area contributed by atoms with Crippen LogP contribution in [-0.2, 0) is 9.53 Å². The van der Waals surface area contributed by atoms with Gasteiger partial charge in [-0.25, -0.2) is 9.78 Å². The summed E-state index contributed by atoms with van der Waals surface area (Å²) < 4.78 is 15.9. The lowest BCUT2D eigenvalue weighted by Crippen LogP contribution is -2.30. The Morgan fingerprint density at radius 3 is 2.39 bits per heavy atom. The largest absolute Gasteiger partial charge is 0.497 e. The summed E-state index contributed by atoms with van der Waals surface area (Å²) in [6, 6.07) is 16.0. The lowest BCUT2D eigenvalue weighted by molar-refractivity contribution is -0.123. The third kappa shape index (κ3) is 4.37. The molecule has 0 fully saturated rings. The number of nitrogens with one attached hydrogen (secondary N) is 1. The van der Waals surface area contributed by atoms with Crippen molar-refractivity contribution in [2.75, 3.05) is 12.4 Å². The van der Waals surface area contributed by atoms with Gasteiger partial charge in [-0.1, -0.05) is 18.2 Å². The number of oxazole rings is 1. The topological polar surface area (TPSA) is 90.7 Å². The van der Waals surface area contributed by atoms with Crippen molar-refractivity contribution in [3.63, 3.8) is 0 Å². The maximum Gasteiger partial charge on any atom is 0.361 e. The van der Waals surface area contributed by atoms with Gasteiger partial charge in [-0.2, -0.15) is 0 Å². The highest BCUT2D eigenvalue weighted by atomic mass is 16.5. The molecule has 0 bridgehead atoms. The van der Waals surface area contributed by atoms with E-state index in [1.807, 2.05) is 30.3 Å². The highest BCUT2D eigenvalue weighted by molar-refractivity contribution is 5.97. The van der Waals surface area contributed by atoms with Gasteiger partial charge < -0.3 is 19.2 Å². The second-order valence-electron chi connectivity index (χ2n) is 6.06. The number of ether oxygens (including phenoxy) is 2. The first kappa shape index (κ1) is 19.2. The number of aromatic nitrogens is 1. The predicted molar refractivity (Wildman–Crippen MR) is 103 cm³/mol. The molecule has 1 N–H and O–H groups in total. The molecule has 1 aromatic heterocycles. The lowest BCUT2D eigenvalue weighted by atomic mass is 10.2. The first-order valence-electron chi connectivity index (χ1n) is 8.66. The third-order valence-electron chi connectivity index (χ3n) is 4.02. The monoisotopic (exact) mass is 380 g/mol. The molecule has 0 saturated heterocycles. The quantitative estimate of drug-likeness (QED) is 0.654. The smallest absolute Gasteiger partial charge is 0.361 e. The summed E-state index contributed by atoms with van der Waals surface area (Å²) in [6.45, 7) is 3.11. The molecule has 0 radical (unpaired) electrons. The van der Waals surface area contributed by atoms with E-state index in [9.17, 15) is 9.59 Å². The highest BCUT2D eigenvalue weighted by Crippen LogP contribution is 2.22. The molecule has 1 atom stereocenters. The normalized spacial score (nSPS) is 11.5. The molecule has 1 amide bonds. The van der Waals surface area contributed by atoms with E-state index in [-0.39, 0.29) is 5.69 Å². The number of carbonyl (C=O) groups excluding carboxylic acids is 2. The van der Waals surface area contributed by atoms with Crippen molar-refractivity contribution in [1.29, 1.82) is 0 Å². The maximum atomic E-state index is 12.4. The van der Waals surface area contributed by atoms with E-state index in [2.05, 4.69) is 10.3 Å². The number of esters is 1. The molecule has 0 spiro atoms. The van der Waals surface area contributed by atoms with Crippen molar-refractivity contribution in [2.24, 2.45) is 0 Å². The van der Waals surface area contributed by atoms with Gasteiger partial charge in [0.25, 0.3) is 5.91 Å². The van der Waals surface area contributed by atoms with Gasteiger partial charge in [0, 0.05) is 11.3 Å². The Bertz CT molecular complexity index is 964. The Labute approximate surface area is 162 Å². The zero-order valence-corrected chi connectivity index (χ0v) is 15.8. The van der Waals surface area contributed by atoms with Gasteiger partial charge in [0.1, 0.15) is 11.5 Å². The predicted octanol–water partition coefficient (Wildman–Crippen LogP) is 3.84. The first-order valence-corrected chi connectivity index (χ1v) is 8.66. The zero-order chi connectivity index (χ0) is 20.1. The van der Waals surface area contributed by atoms with Crippen molar-refractivity contribution >= 4 is 17.6 Å². The second kappa shape index (κ2) is 8.39. The standard InChI is InChI=1S/C21H20N2O5/c1-13-18(23-20(27-13)15-7-5-4-6-8-15)21(25)28-14(2)19(24)22-16-9-11-17(26-3)12-10-16/h4-12,14H,1-3H3,(H,22,24)/t14-/m1/s1. The fraction of sp³-hybridized carbons (Fsp3) is 0.190. The molecule has 0 saturated carbocycles. The zero-order valence-electron chi connectivity index (χ0n) is 15.8. The van der Waals surface area contributed by atoms with Crippen LogP contribution in [0.3, 0.4) is 0 Å². The summed E-state index contributed by atoms with van der Waals surface area (Å²) in [5.74, 6) is 0.143. The summed E-state index contributed by atoms with van der Waals surface area (Å²) in [5, 5.41) is 2.68. The number of nitrogens with zero attached hydrogens (tertiary/aromatic N) is 1. The molecule has 28 heavy (non-hydrogen) atoms. The van der Waals surface area contributed by atoms with Gasteiger partial charge in [-0.3, -0.25) is 4.79 Å². The van der Waals surface area contributed by atoms with Gasteiger partial charge in [-0.05, 0) is 50.2 Å². The molecule has 7 nitrogen and oxygen atoms in total. The van der Waals surface area contributed by atoms with Crippen LogP contribution in [0, 0.1) is 6.92 Å². The van der Waals surface area contributed by atoms with Crippen LogP contribution in [0.25, 0.3) is 11.5 Å². The van der Waals surface area contributed by atoms with E-state index in [0.29, 0.717) is 23.1 Å². The molecular weight excluding hydrogens is 360 g/mol. The van der Waals surface area contributed by atoms with Crippen molar-refractivity contribution in [3.05, 3.63) is 66.1 Å². The summed E-state index contributed by atoms with van der Waals surface area (Å²) in [5.41, 5.74) is 1.36. The fourth-order valence-corrected chi connectivity index (χ4v) is 2.48. The van der Waals surface area contributed by atoms with Gasteiger partial charge >= 0.3 is 5.97 Å². The van der Waals surface area contributed by atoms with Crippen LogP contribution in [0.1, 0.15) is 23.2 Å². The molecule has 7 heteroatoms. The molecular formula is C21H20N2O5. The molecule has 0 unspecified atom stereocenters. The molecule has 2 aromatic carbocycles. The Morgan fingerprint density at radius 1 is 1.07 bits per heavy atom. The number of amides is 1. The van der Waals surface area contributed by atoms with E-state index in [4.69, 9.17) is 13.9 Å². The Hall–Kier alpha value is -3.61. The van der Waals surface area contributed by atoms with E-state index in [1.54, 1.807) is 38.3 Å². The van der Waals surface area contributed by atoms with E-state index in [0.717, 1.165) is 5.56 Å². The number of aryl methyl sites for hydroxylation is 1. The Kier molecular flexibility index (Phi) is 5.74. The van der Waals surface area contributed by atoms with E-state index >= 15 is 0 Å². The molecule has 0 aliphatic heterocycles. The molecule has 0 aliphatic rings. The summed E-state index contributed by atoms with van der Waals surface area (Å²) in [7, 11) is 1.56. The van der Waals surface area contributed by atoms with Gasteiger partial charge in [-0.15, -0.1) is 0 Å². The first-order chi connectivity index (χ1) is 13.5. The van der Waals surface area contributed by atoms with Crippen molar-refractivity contribution in [2.45, 2.75) is 20.0 Å². The maximum absolute atomic E-state index is 12.4. The van der Waals surface area contributed by atoms with Crippen LogP contribution in [0.15, 0.2) is 59.0 Å². The fourth-order valence-electron chi connectivity index (χ4n) is 2.48. The number of anilines is 1. The Balaban J connectivity index is 1.65. The average molecular weight is 380 g/mol. The van der Waals surface area contributed by atoms with Gasteiger partial charge in [0.2, 0.25) is 5.89 Å². The van der Waals surface area contributed by atoms with Crippen LogP contribution in [0.2, 0.25) is 0 Å². The minimum atomic E-state index is -1.01. The van der Waals surface area contributed by atoms with E-state index < -0.39 is 18.0 Å². The van der Waals surface area contributed by atoms with E-state index in [1.165, 1.54) is 6.92 Å². The minimum Gasteiger partial charge on any atom is -0.497 e. The van der Waals surface area contributed by atoms with Crippen molar-refractivity contribution in [1.82, 2.24) is 4.98 Å². The number of hydrogen-bond acceptors (Lipinski definition) is 6. The summed E-state index contributed by atoms with van der Waals surface area (Å²) in [4.78, 5) is 28.9. The van der Waals surface area contributed by atoms with Gasteiger partial charge in [0.15, 0.2) is 11.8 Å². The van der Waals surface area contributed by atoms with Gasteiger partial charge in [0.05, 0.1) is 7.11 Å². The minimum absolute atomic E-state index is 0.0444. The number of benzene rings is 2. The SMILES string of the molecule is COc1ccc(NC(=O)[C@@H](C)OC(=O)c2nc(-c3ccccc3)oc2C)cc1. The number of hydrogen-bond donors (Lipinski definition) is 1. The van der Waals surface area contributed by atoms with Crippen molar-refractivity contribution < 1.29 is 23.5 Å². The number of methoxy groups -OCH3 is 1. The molecule has 1 heterocycles. The van der Waals surface area contributed by atoms with Crippen LogP contribution >= 0.6 is 0 Å². The third-order valence-corrected chi connectivity index (χ3v) is 4.02. The second-order valence-corrected chi connectivity index (χ2v) is 6.06. The van der Waals surface area contributed by atoms with Crippen LogP contribution in [0.5, 0.6) is 5.75 Å². The average Bonchev–Trinajstić information content (AvgIpc) is 3.11.